The second kappa shape index (κ2) is 5.46. The van der Waals surface area contributed by atoms with E-state index < -0.39 is 8.07 Å². The molecule has 0 aromatic carbocycles. The van der Waals surface area contributed by atoms with Gasteiger partial charge in [-0.05, 0) is 25.2 Å². The van der Waals surface area contributed by atoms with Gasteiger partial charge in [0.05, 0.1) is 14.2 Å². The van der Waals surface area contributed by atoms with E-state index in [1.54, 1.807) is 0 Å². The van der Waals surface area contributed by atoms with Crippen LogP contribution in [0.4, 0.5) is 0 Å². The van der Waals surface area contributed by atoms with Gasteiger partial charge in [-0.1, -0.05) is 38.9 Å². The summed E-state index contributed by atoms with van der Waals surface area (Å²) >= 11 is 0. The molecular formula is C12H26O2Si. The van der Waals surface area contributed by atoms with Gasteiger partial charge in [0.1, 0.15) is 0 Å². The fourth-order valence-electron chi connectivity index (χ4n) is 2.29. The summed E-state index contributed by atoms with van der Waals surface area (Å²) in [5.74, 6) is 0.449. The zero-order valence-corrected chi connectivity index (χ0v) is 11.4. The third-order valence-electron chi connectivity index (χ3n) is 3.66. The Bertz CT molecular complexity index is 183. The second-order valence-corrected chi connectivity index (χ2v) is 11.5. The van der Waals surface area contributed by atoms with Crippen molar-refractivity contribution in [2.24, 2.45) is 5.92 Å². The summed E-state index contributed by atoms with van der Waals surface area (Å²) in [4.78, 5) is 0. The van der Waals surface area contributed by atoms with Gasteiger partial charge < -0.3 is 10.2 Å². The van der Waals surface area contributed by atoms with Crippen molar-refractivity contribution in [2.45, 2.75) is 70.0 Å². The van der Waals surface area contributed by atoms with Crippen molar-refractivity contribution >= 4 is 8.07 Å². The van der Waals surface area contributed by atoms with Crippen LogP contribution in [0, 0.1) is 5.92 Å². The van der Waals surface area contributed by atoms with E-state index in [1.165, 1.54) is 19.3 Å². The molecule has 0 amide bonds. The van der Waals surface area contributed by atoms with Crippen LogP contribution in [-0.2, 0) is 0 Å². The lowest BCUT2D eigenvalue weighted by Gasteiger charge is -2.31. The van der Waals surface area contributed by atoms with Crippen LogP contribution in [0.2, 0.25) is 19.6 Å². The maximum Gasteiger partial charge on any atom is 0.0782 e. The molecule has 0 heterocycles. The predicted molar refractivity (Wildman–Crippen MR) is 66.6 cm³/mol. The molecule has 0 aliphatic heterocycles. The van der Waals surface area contributed by atoms with E-state index in [9.17, 15) is 10.2 Å². The van der Waals surface area contributed by atoms with Gasteiger partial charge in [0.15, 0.2) is 0 Å². The van der Waals surface area contributed by atoms with E-state index in [0.717, 1.165) is 12.8 Å². The Labute approximate surface area is 94.7 Å². The van der Waals surface area contributed by atoms with Gasteiger partial charge in [0.25, 0.3) is 0 Å². The fraction of sp³-hybridized carbons (Fsp3) is 1.00. The molecule has 0 bridgehead atoms. The van der Waals surface area contributed by atoms with Crippen LogP contribution in [0.5, 0.6) is 0 Å². The molecule has 1 rings (SSSR count). The van der Waals surface area contributed by atoms with E-state index in [4.69, 9.17) is 0 Å². The quantitative estimate of drug-likeness (QED) is 0.729. The van der Waals surface area contributed by atoms with Crippen molar-refractivity contribution < 1.29 is 10.2 Å². The molecule has 0 saturated heterocycles. The first-order chi connectivity index (χ1) is 6.91. The summed E-state index contributed by atoms with van der Waals surface area (Å²) in [5, 5.41) is 20.1. The molecule has 2 unspecified atom stereocenters. The van der Waals surface area contributed by atoms with Crippen LogP contribution >= 0.6 is 0 Å². The Morgan fingerprint density at radius 1 is 1.07 bits per heavy atom. The summed E-state index contributed by atoms with van der Waals surface area (Å²) in [5.41, 5.74) is -0.255. The zero-order valence-electron chi connectivity index (χ0n) is 10.4. The second-order valence-electron chi connectivity index (χ2n) is 6.08. The highest BCUT2D eigenvalue weighted by Gasteiger charge is 2.30. The van der Waals surface area contributed by atoms with Crippen LogP contribution in [-0.4, -0.2) is 30.1 Å². The van der Waals surface area contributed by atoms with E-state index in [-0.39, 0.29) is 11.8 Å². The van der Waals surface area contributed by atoms with Crippen molar-refractivity contribution in [3.05, 3.63) is 0 Å². The van der Waals surface area contributed by atoms with Gasteiger partial charge in [0.2, 0.25) is 0 Å². The average Bonchev–Trinajstić information content (AvgIpc) is 2.17. The smallest absolute Gasteiger partial charge is 0.0782 e. The van der Waals surface area contributed by atoms with Crippen LogP contribution in [0.25, 0.3) is 0 Å². The summed E-state index contributed by atoms with van der Waals surface area (Å²) in [6.45, 7) is 6.47. The zero-order chi connectivity index (χ0) is 11.5. The highest BCUT2D eigenvalue weighted by atomic mass is 28.3. The molecule has 1 aliphatic carbocycles. The minimum Gasteiger partial charge on any atom is -0.396 e. The molecule has 1 saturated carbocycles. The van der Waals surface area contributed by atoms with Gasteiger partial charge >= 0.3 is 0 Å². The molecule has 0 radical (unpaired) electrons. The van der Waals surface area contributed by atoms with Crippen LogP contribution in [0.3, 0.4) is 0 Å². The molecule has 3 heteroatoms. The average molecular weight is 230 g/mol. The topological polar surface area (TPSA) is 40.5 Å². The van der Waals surface area contributed by atoms with Gasteiger partial charge in [-0.25, -0.2) is 0 Å². The molecule has 15 heavy (non-hydrogen) atoms. The monoisotopic (exact) mass is 230 g/mol. The van der Waals surface area contributed by atoms with Crippen LogP contribution < -0.4 is 0 Å². The number of hydrogen-bond acceptors (Lipinski definition) is 2. The van der Waals surface area contributed by atoms with Gasteiger partial charge in [-0.2, -0.15) is 0 Å². The Kier molecular flexibility index (Phi) is 4.81. The Hall–Kier alpha value is 0.137. The number of rotatable bonds is 4. The molecule has 1 fully saturated rings. The van der Waals surface area contributed by atoms with E-state index in [2.05, 4.69) is 19.6 Å². The minimum atomic E-state index is -1.49. The molecule has 2 nitrogen and oxygen atoms in total. The van der Waals surface area contributed by atoms with Crippen molar-refractivity contribution in [2.75, 3.05) is 0 Å². The largest absolute Gasteiger partial charge is 0.396 e. The standard InChI is InChI=1S/C12H26O2Si/c1-15(2,3)12(14)9-11(13)10-7-5-4-6-8-10/h10-14H,4-9H2,1-3H3. The molecule has 2 N–H and O–H groups in total. The molecule has 1 aliphatic rings. The molecule has 2 atom stereocenters. The Balaban J connectivity index is 2.36. The maximum atomic E-state index is 10.1. The summed E-state index contributed by atoms with van der Waals surface area (Å²) in [6, 6.07) is 0. The summed E-state index contributed by atoms with van der Waals surface area (Å²) in [7, 11) is -1.49. The van der Waals surface area contributed by atoms with Crippen LogP contribution in [0.1, 0.15) is 38.5 Å². The normalized spacial score (nSPS) is 23.8. The Morgan fingerprint density at radius 3 is 2.07 bits per heavy atom. The maximum absolute atomic E-state index is 10.1. The van der Waals surface area contributed by atoms with Crippen molar-refractivity contribution in [3.8, 4) is 0 Å². The van der Waals surface area contributed by atoms with E-state index in [0.29, 0.717) is 12.3 Å². The lowest BCUT2D eigenvalue weighted by molar-refractivity contribution is 0.0496. The van der Waals surface area contributed by atoms with Crippen molar-refractivity contribution in [3.63, 3.8) is 0 Å². The lowest BCUT2D eigenvalue weighted by atomic mass is 9.84. The number of aliphatic hydroxyl groups is 2. The van der Waals surface area contributed by atoms with E-state index in [1.807, 2.05) is 0 Å². The summed E-state index contributed by atoms with van der Waals surface area (Å²) < 4.78 is 0. The van der Waals surface area contributed by atoms with Gasteiger partial charge in [-0.3, -0.25) is 0 Å². The van der Waals surface area contributed by atoms with Crippen molar-refractivity contribution in [1.29, 1.82) is 0 Å². The first-order valence-corrected chi connectivity index (χ1v) is 9.85. The number of aliphatic hydroxyl groups excluding tert-OH is 2. The molecule has 0 aromatic rings. The van der Waals surface area contributed by atoms with E-state index >= 15 is 0 Å². The molecule has 0 aromatic heterocycles. The lowest BCUT2D eigenvalue weighted by Crippen LogP contribution is -2.42. The first kappa shape index (κ1) is 13.2. The highest BCUT2D eigenvalue weighted by molar-refractivity contribution is 6.77. The van der Waals surface area contributed by atoms with Gasteiger partial charge in [0, 0.05) is 5.73 Å². The predicted octanol–water partition coefficient (Wildman–Crippen LogP) is 2.56. The Morgan fingerprint density at radius 2 is 1.60 bits per heavy atom. The minimum absolute atomic E-state index is 0.255. The molecule has 0 spiro atoms. The highest BCUT2D eigenvalue weighted by Crippen LogP contribution is 2.29. The molecular weight excluding hydrogens is 204 g/mol. The third kappa shape index (κ3) is 4.25. The third-order valence-corrected chi connectivity index (χ3v) is 5.89. The van der Waals surface area contributed by atoms with Gasteiger partial charge in [-0.15, -0.1) is 0 Å². The van der Waals surface area contributed by atoms with Crippen LogP contribution in [0.15, 0.2) is 0 Å². The SMILES string of the molecule is C[Si](C)(C)C(O)CC(O)C1CCCCC1. The first-order valence-electron chi connectivity index (χ1n) is 6.27. The summed E-state index contributed by atoms with van der Waals surface area (Å²) in [6.07, 6.45) is 6.46. The number of hydrogen-bond donors (Lipinski definition) is 2. The van der Waals surface area contributed by atoms with Crippen molar-refractivity contribution in [1.82, 2.24) is 0 Å². The fourth-order valence-corrected chi connectivity index (χ4v) is 3.24. The molecule has 90 valence electrons.